The molecular formula is C11H20N2O2S2. The predicted molar refractivity (Wildman–Crippen MR) is 71.9 cm³/mol. The lowest BCUT2D eigenvalue weighted by atomic mass is 9.97. The van der Waals surface area contributed by atoms with E-state index in [1.165, 1.54) is 6.26 Å². The van der Waals surface area contributed by atoms with Gasteiger partial charge in [0.2, 0.25) is 0 Å². The van der Waals surface area contributed by atoms with Crippen LogP contribution in [0.5, 0.6) is 0 Å². The van der Waals surface area contributed by atoms with Crippen LogP contribution in [0.3, 0.4) is 0 Å². The average molecular weight is 276 g/mol. The van der Waals surface area contributed by atoms with Gasteiger partial charge < -0.3 is 4.90 Å². The van der Waals surface area contributed by atoms with Crippen molar-refractivity contribution in [3.8, 4) is 6.07 Å². The number of sulfone groups is 1. The maximum absolute atomic E-state index is 11.0. The van der Waals surface area contributed by atoms with E-state index in [1.54, 1.807) is 11.8 Å². The Morgan fingerprint density at radius 1 is 1.41 bits per heavy atom. The van der Waals surface area contributed by atoms with Crippen molar-refractivity contribution in [1.82, 2.24) is 4.90 Å². The van der Waals surface area contributed by atoms with Crippen molar-refractivity contribution in [3.63, 3.8) is 0 Å². The lowest BCUT2D eigenvalue weighted by molar-refractivity contribution is 0.218. The minimum Gasteiger partial charge on any atom is -0.303 e. The zero-order chi connectivity index (χ0) is 12.9. The first-order chi connectivity index (χ1) is 7.91. The molecule has 0 N–H and O–H groups in total. The smallest absolute Gasteiger partial charge is 0.147 e. The van der Waals surface area contributed by atoms with Crippen LogP contribution in [0.25, 0.3) is 0 Å². The molecule has 0 bridgehead atoms. The van der Waals surface area contributed by atoms with E-state index in [4.69, 9.17) is 5.26 Å². The normalized spacial score (nSPS) is 21.0. The number of thioether (sulfide) groups is 1. The standard InChI is InChI=1S/C11H20N2O2S2/c1-16-11(10-12)4-7-13(8-5-11)6-3-9-17(2,14)15/h3-9H2,1-2H3. The van der Waals surface area contributed by atoms with Gasteiger partial charge in [-0.2, -0.15) is 5.26 Å². The van der Waals surface area contributed by atoms with Crippen LogP contribution in [0.15, 0.2) is 0 Å². The third kappa shape index (κ3) is 4.86. The van der Waals surface area contributed by atoms with Gasteiger partial charge in [-0.15, -0.1) is 11.8 Å². The van der Waals surface area contributed by atoms with Crippen LogP contribution < -0.4 is 0 Å². The number of nitriles is 1. The molecule has 0 radical (unpaired) electrons. The van der Waals surface area contributed by atoms with Gasteiger partial charge in [0, 0.05) is 19.3 Å². The second-order valence-corrected chi connectivity index (χ2v) is 8.08. The van der Waals surface area contributed by atoms with Gasteiger partial charge in [0.05, 0.1) is 11.8 Å². The molecular weight excluding hydrogens is 256 g/mol. The molecule has 0 unspecified atom stereocenters. The van der Waals surface area contributed by atoms with Crippen LogP contribution in [-0.2, 0) is 9.84 Å². The van der Waals surface area contributed by atoms with E-state index in [2.05, 4.69) is 11.0 Å². The SMILES string of the molecule is CSC1(C#N)CCN(CCCS(C)(=O)=O)CC1. The Hall–Kier alpha value is -0.250. The van der Waals surface area contributed by atoms with Gasteiger partial charge in [-0.25, -0.2) is 8.42 Å². The zero-order valence-corrected chi connectivity index (χ0v) is 12.1. The van der Waals surface area contributed by atoms with Crippen LogP contribution in [0.4, 0.5) is 0 Å². The van der Waals surface area contributed by atoms with Gasteiger partial charge in [0.15, 0.2) is 0 Å². The summed E-state index contributed by atoms with van der Waals surface area (Å²) < 4.78 is 21.8. The van der Waals surface area contributed by atoms with E-state index >= 15 is 0 Å². The maximum atomic E-state index is 11.0. The van der Waals surface area contributed by atoms with Gasteiger partial charge in [-0.05, 0) is 32.1 Å². The number of hydrogen-bond donors (Lipinski definition) is 0. The first-order valence-electron chi connectivity index (χ1n) is 5.77. The van der Waals surface area contributed by atoms with E-state index in [-0.39, 0.29) is 10.5 Å². The third-order valence-electron chi connectivity index (χ3n) is 3.25. The lowest BCUT2D eigenvalue weighted by Gasteiger charge is -2.36. The van der Waals surface area contributed by atoms with E-state index in [0.717, 1.165) is 32.5 Å². The lowest BCUT2D eigenvalue weighted by Crippen LogP contribution is -2.42. The van der Waals surface area contributed by atoms with E-state index < -0.39 is 9.84 Å². The second-order valence-electron chi connectivity index (χ2n) is 4.64. The van der Waals surface area contributed by atoms with Gasteiger partial charge in [0.25, 0.3) is 0 Å². The Kier molecular flexibility index (Phi) is 5.29. The molecule has 1 saturated heterocycles. The maximum Gasteiger partial charge on any atom is 0.147 e. The summed E-state index contributed by atoms with van der Waals surface area (Å²) in [5, 5.41) is 9.14. The Balaban J connectivity index is 2.31. The molecule has 1 heterocycles. The molecule has 0 atom stereocenters. The fourth-order valence-electron chi connectivity index (χ4n) is 2.05. The summed E-state index contributed by atoms with van der Waals surface area (Å²) in [5.74, 6) is 0.259. The highest BCUT2D eigenvalue weighted by Gasteiger charge is 2.33. The Bertz CT molecular complexity index is 379. The van der Waals surface area contributed by atoms with E-state index in [1.807, 2.05) is 6.26 Å². The van der Waals surface area contributed by atoms with Gasteiger partial charge >= 0.3 is 0 Å². The molecule has 6 heteroatoms. The van der Waals surface area contributed by atoms with Gasteiger partial charge in [-0.3, -0.25) is 0 Å². The van der Waals surface area contributed by atoms with Crippen LogP contribution in [0, 0.1) is 11.3 Å². The minimum atomic E-state index is -2.84. The molecule has 1 fully saturated rings. The third-order valence-corrected chi connectivity index (χ3v) is 5.56. The highest BCUT2D eigenvalue weighted by molar-refractivity contribution is 8.00. The zero-order valence-electron chi connectivity index (χ0n) is 10.5. The molecule has 98 valence electrons. The molecule has 0 saturated carbocycles. The van der Waals surface area contributed by atoms with Crippen molar-refractivity contribution in [2.45, 2.75) is 24.0 Å². The Morgan fingerprint density at radius 3 is 2.41 bits per heavy atom. The van der Waals surface area contributed by atoms with Gasteiger partial charge in [0.1, 0.15) is 14.6 Å². The largest absolute Gasteiger partial charge is 0.303 e. The molecule has 1 aliphatic rings. The molecule has 0 spiro atoms. The molecule has 0 aromatic carbocycles. The first-order valence-corrected chi connectivity index (χ1v) is 9.06. The van der Waals surface area contributed by atoms with Crippen molar-refractivity contribution in [1.29, 1.82) is 5.26 Å². The van der Waals surface area contributed by atoms with Crippen LogP contribution in [-0.4, -0.2) is 56.0 Å². The summed E-state index contributed by atoms with van der Waals surface area (Å²) in [4.78, 5) is 2.26. The Morgan fingerprint density at radius 2 is 2.00 bits per heavy atom. The number of rotatable bonds is 5. The van der Waals surface area contributed by atoms with Crippen LogP contribution >= 0.6 is 11.8 Å². The topological polar surface area (TPSA) is 61.2 Å². The van der Waals surface area contributed by atoms with Crippen molar-refractivity contribution in [2.24, 2.45) is 0 Å². The van der Waals surface area contributed by atoms with E-state index in [0.29, 0.717) is 6.42 Å². The molecule has 1 aliphatic heterocycles. The summed E-state index contributed by atoms with van der Waals surface area (Å²) in [5.41, 5.74) is 0. The van der Waals surface area contributed by atoms with Gasteiger partial charge in [-0.1, -0.05) is 0 Å². The summed E-state index contributed by atoms with van der Waals surface area (Å²) >= 11 is 1.64. The first kappa shape index (κ1) is 14.8. The van der Waals surface area contributed by atoms with Crippen molar-refractivity contribution in [2.75, 3.05) is 37.9 Å². The summed E-state index contributed by atoms with van der Waals surface area (Å²) in [6.07, 6.45) is 5.71. The fraction of sp³-hybridized carbons (Fsp3) is 0.909. The highest BCUT2D eigenvalue weighted by atomic mass is 32.2. The quantitative estimate of drug-likeness (QED) is 0.753. The van der Waals surface area contributed by atoms with Crippen molar-refractivity contribution >= 4 is 21.6 Å². The highest BCUT2D eigenvalue weighted by Crippen LogP contribution is 2.33. The number of piperidine rings is 1. The summed E-state index contributed by atoms with van der Waals surface area (Å²) in [6, 6.07) is 2.41. The summed E-state index contributed by atoms with van der Waals surface area (Å²) in [6.45, 7) is 2.62. The van der Waals surface area contributed by atoms with Crippen molar-refractivity contribution in [3.05, 3.63) is 0 Å². The summed E-state index contributed by atoms with van der Waals surface area (Å²) in [7, 11) is -2.84. The van der Waals surface area contributed by atoms with Crippen LogP contribution in [0.1, 0.15) is 19.3 Å². The molecule has 1 rings (SSSR count). The number of hydrogen-bond acceptors (Lipinski definition) is 5. The van der Waals surface area contributed by atoms with Crippen LogP contribution in [0.2, 0.25) is 0 Å². The monoisotopic (exact) mass is 276 g/mol. The number of likely N-dealkylation sites (tertiary alicyclic amines) is 1. The number of nitrogens with zero attached hydrogens (tertiary/aromatic N) is 2. The predicted octanol–water partition coefficient (Wildman–Crippen LogP) is 1.14. The minimum absolute atomic E-state index is 0.215. The van der Waals surface area contributed by atoms with Crippen molar-refractivity contribution < 1.29 is 8.42 Å². The second kappa shape index (κ2) is 6.07. The molecule has 0 aliphatic carbocycles. The molecule has 17 heavy (non-hydrogen) atoms. The average Bonchev–Trinajstić information content (AvgIpc) is 2.29. The molecule has 4 nitrogen and oxygen atoms in total. The Labute approximate surface area is 108 Å². The molecule has 0 amide bonds. The molecule has 0 aromatic heterocycles. The molecule has 0 aromatic rings. The fourth-order valence-corrected chi connectivity index (χ4v) is 3.39. The van der Waals surface area contributed by atoms with E-state index in [9.17, 15) is 8.42 Å².